The summed E-state index contributed by atoms with van der Waals surface area (Å²) in [7, 11) is 1.73. The molecule has 1 saturated heterocycles. The molecule has 0 bridgehead atoms. The Morgan fingerprint density at radius 2 is 1.91 bits per heavy atom. The molecule has 7 nitrogen and oxygen atoms in total. The average Bonchev–Trinajstić information content (AvgIpc) is 3.23. The summed E-state index contributed by atoms with van der Waals surface area (Å²) >= 11 is 1.56. The van der Waals surface area contributed by atoms with Gasteiger partial charge in [-0.05, 0) is 43.2 Å². The van der Waals surface area contributed by atoms with Gasteiger partial charge in [-0.1, -0.05) is 30.4 Å². The van der Waals surface area contributed by atoms with Crippen molar-refractivity contribution in [2.24, 2.45) is 11.8 Å². The molecule has 1 aromatic heterocycles. The van der Waals surface area contributed by atoms with E-state index in [-0.39, 0.29) is 29.6 Å². The molecule has 1 fully saturated rings. The topological polar surface area (TPSA) is 82.6 Å². The molecule has 32 heavy (non-hydrogen) atoms. The maximum Gasteiger partial charge on any atom is 0.254 e. The number of carbonyl (C=O) groups excluding carboxylic acids is 3. The Kier molecular flexibility index (Phi) is 5.22. The van der Waals surface area contributed by atoms with E-state index >= 15 is 0 Å². The molecule has 3 amide bonds. The number of hydrogen-bond donors (Lipinski definition) is 1. The van der Waals surface area contributed by atoms with Crippen LogP contribution in [0.4, 0.5) is 5.69 Å². The highest BCUT2D eigenvalue weighted by atomic mass is 32.1. The number of aromatic nitrogens is 1. The van der Waals surface area contributed by atoms with Crippen LogP contribution in [0.15, 0.2) is 60.7 Å². The molecule has 2 heterocycles. The van der Waals surface area contributed by atoms with E-state index in [1.54, 1.807) is 47.5 Å². The van der Waals surface area contributed by atoms with E-state index in [9.17, 15) is 14.4 Å². The second-order valence-electron chi connectivity index (χ2n) is 8.09. The monoisotopic (exact) mass is 446 g/mol. The molecule has 2 aromatic carbocycles. The Morgan fingerprint density at radius 3 is 2.72 bits per heavy atom. The molecule has 2 unspecified atom stereocenters. The molecule has 0 saturated carbocycles. The van der Waals surface area contributed by atoms with Gasteiger partial charge in [0.1, 0.15) is 5.01 Å². The smallest absolute Gasteiger partial charge is 0.254 e. The molecule has 2 atom stereocenters. The van der Waals surface area contributed by atoms with Crippen LogP contribution in [0.5, 0.6) is 0 Å². The number of para-hydroxylation sites is 1. The van der Waals surface area contributed by atoms with Crippen LogP contribution in [0.1, 0.15) is 28.2 Å². The largest absolute Gasteiger partial charge is 0.335 e. The molecule has 2 aliphatic rings. The van der Waals surface area contributed by atoms with Crippen LogP contribution in [0, 0.1) is 11.8 Å². The summed E-state index contributed by atoms with van der Waals surface area (Å²) in [6.07, 6.45) is 5.03. The third kappa shape index (κ3) is 3.67. The molecular weight excluding hydrogens is 424 g/mol. The Bertz CT molecular complexity index is 1220. The van der Waals surface area contributed by atoms with Crippen LogP contribution >= 0.6 is 11.3 Å². The lowest BCUT2D eigenvalue weighted by Gasteiger charge is -2.38. The van der Waals surface area contributed by atoms with E-state index in [2.05, 4.69) is 10.4 Å². The molecule has 162 valence electrons. The average molecular weight is 447 g/mol. The van der Waals surface area contributed by atoms with Crippen molar-refractivity contribution in [2.75, 3.05) is 12.1 Å². The predicted octanol–water partition coefficient (Wildman–Crippen LogP) is 3.53. The van der Waals surface area contributed by atoms with Crippen LogP contribution in [-0.4, -0.2) is 34.7 Å². The Hall–Kier alpha value is -3.52. The molecule has 8 heteroatoms. The third-order valence-corrected chi connectivity index (χ3v) is 6.96. The minimum absolute atomic E-state index is 0.147. The zero-order valence-corrected chi connectivity index (χ0v) is 18.3. The lowest BCUT2D eigenvalue weighted by atomic mass is 9.80. The predicted molar refractivity (Wildman–Crippen MR) is 123 cm³/mol. The molecule has 1 aliphatic heterocycles. The molecule has 5 rings (SSSR count). The maximum atomic E-state index is 13.1. The number of benzene rings is 2. The van der Waals surface area contributed by atoms with Crippen LogP contribution in [-0.2, 0) is 16.1 Å². The molecular formula is C24H22N4O3S. The van der Waals surface area contributed by atoms with Crippen molar-refractivity contribution in [1.29, 1.82) is 0 Å². The van der Waals surface area contributed by atoms with Gasteiger partial charge < -0.3 is 4.90 Å². The number of thiazole rings is 1. The Morgan fingerprint density at radius 1 is 1.12 bits per heavy atom. The summed E-state index contributed by atoms with van der Waals surface area (Å²) in [5.74, 6) is -1.18. The van der Waals surface area contributed by atoms with Crippen molar-refractivity contribution in [3.8, 4) is 0 Å². The van der Waals surface area contributed by atoms with E-state index < -0.39 is 0 Å². The summed E-state index contributed by atoms with van der Waals surface area (Å²) in [6, 6.07) is 14.7. The number of anilines is 1. The third-order valence-electron chi connectivity index (χ3n) is 5.94. The molecule has 0 spiro atoms. The summed E-state index contributed by atoms with van der Waals surface area (Å²) in [5.41, 5.74) is 4.56. The lowest BCUT2D eigenvalue weighted by molar-refractivity contribution is -0.139. The van der Waals surface area contributed by atoms with Crippen molar-refractivity contribution >= 4 is 45.0 Å². The fourth-order valence-electron chi connectivity index (χ4n) is 4.24. The highest BCUT2D eigenvalue weighted by molar-refractivity contribution is 7.18. The number of allylic oxidation sites excluding steroid dienone is 2. The van der Waals surface area contributed by atoms with E-state index in [0.717, 1.165) is 15.2 Å². The van der Waals surface area contributed by atoms with Crippen molar-refractivity contribution in [1.82, 2.24) is 15.3 Å². The van der Waals surface area contributed by atoms with Gasteiger partial charge in [-0.25, -0.2) is 9.99 Å². The number of rotatable bonds is 4. The van der Waals surface area contributed by atoms with E-state index in [1.165, 1.54) is 5.01 Å². The second-order valence-corrected chi connectivity index (χ2v) is 9.21. The fourth-order valence-corrected chi connectivity index (χ4v) is 5.26. The highest BCUT2D eigenvalue weighted by Gasteiger charge is 2.42. The number of nitrogens with one attached hydrogen (secondary N) is 1. The van der Waals surface area contributed by atoms with Crippen molar-refractivity contribution in [2.45, 2.75) is 19.4 Å². The minimum atomic E-state index is -0.366. The first kappa shape index (κ1) is 20.4. The summed E-state index contributed by atoms with van der Waals surface area (Å²) in [5, 5.41) is 2.14. The number of fused-ring (bicyclic) bond motifs is 2. The Labute approximate surface area is 189 Å². The fraction of sp³-hybridized carbons (Fsp3) is 0.250. The summed E-state index contributed by atoms with van der Waals surface area (Å²) < 4.78 is 1.08. The number of hydrogen-bond acceptors (Lipinski definition) is 5. The van der Waals surface area contributed by atoms with Crippen LogP contribution in [0.25, 0.3) is 10.2 Å². The Balaban J connectivity index is 1.35. The standard InChI is InChI=1S/C24H22N4O3S/c1-27(14-21-25-19-11-4-5-12-20(19)32-21)23(30)15-7-6-8-16(13-15)28-24(31)18-10-3-2-9-17(18)22(29)26-28/h2-8,11-13,17-18H,9-10,14H2,1H3,(H,26,29). The number of hydrazine groups is 1. The number of nitrogens with zero attached hydrogens (tertiary/aromatic N) is 3. The van der Waals surface area contributed by atoms with E-state index in [1.807, 2.05) is 36.4 Å². The first-order valence-corrected chi connectivity index (χ1v) is 11.3. The number of carbonyl (C=O) groups is 3. The van der Waals surface area contributed by atoms with E-state index in [0.29, 0.717) is 30.6 Å². The van der Waals surface area contributed by atoms with Gasteiger partial charge in [0.2, 0.25) is 11.8 Å². The second kappa shape index (κ2) is 8.20. The van der Waals surface area contributed by atoms with E-state index in [4.69, 9.17) is 0 Å². The zero-order valence-electron chi connectivity index (χ0n) is 17.5. The van der Waals surface area contributed by atoms with Gasteiger partial charge in [-0.15, -0.1) is 11.3 Å². The maximum absolute atomic E-state index is 13.1. The van der Waals surface area contributed by atoms with Crippen LogP contribution in [0.2, 0.25) is 0 Å². The summed E-state index contributed by atoms with van der Waals surface area (Å²) in [4.78, 5) is 44.8. The van der Waals surface area contributed by atoms with Crippen molar-refractivity contribution in [3.63, 3.8) is 0 Å². The minimum Gasteiger partial charge on any atom is -0.335 e. The number of amides is 3. The first-order valence-electron chi connectivity index (χ1n) is 10.5. The van der Waals surface area contributed by atoms with Crippen LogP contribution in [0.3, 0.4) is 0 Å². The zero-order chi connectivity index (χ0) is 22.2. The van der Waals surface area contributed by atoms with Gasteiger partial charge in [0.25, 0.3) is 5.91 Å². The molecule has 1 aliphatic carbocycles. The van der Waals surface area contributed by atoms with Gasteiger partial charge in [0, 0.05) is 12.6 Å². The first-order chi connectivity index (χ1) is 15.5. The van der Waals surface area contributed by atoms with Gasteiger partial charge in [0.05, 0.1) is 34.3 Å². The van der Waals surface area contributed by atoms with Gasteiger partial charge in [-0.2, -0.15) is 0 Å². The molecule has 1 N–H and O–H groups in total. The molecule has 0 radical (unpaired) electrons. The highest BCUT2D eigenvalue weighted by Crippen LogP contribution is 2.32. The molecule has 3 aromatic rings. The normalized spacial score (nSPS) is 20.2. The lowest BCUT2D eigenvalue weighted by Crippen LogP contribution is -2.59. The van der Waals surface area contributed by atoms with Crippen LogP contribution < -0.4 is 10.4 Å². The quantitative estimate of drug-likeness (QED) is 0.622. The van der Waals surface area contributed by atoms with Crippen molar-refractivity contribution < 1.29 is 14.4 Å². The SMILES string of the molecule is CN(Cc1nc2ccccc2s1)C(=O)c1cccc(N2NC(=O)C3CC=CCC3C2=O)c1. The van der Waals surface area contributed by atoms with Gasteiger partial charge in [-0.3, -0.25) is 19.8 Å². The van der Waals surface area contributed by atoms with Gasteiger partial charge in [0.15, 0.2) is 0 Å². The van der Waals surface area contributed by atoms with Gasteiger partial charge >= 0.3 is 0 Å². The summed E-state index contributed by atoms with van der Waals surface area (Å²) in [6.45, 7) is 0.387. The van der Waals surface area contributed by atoms with Crippen molar-refractivity contribution in [3.05, 3.63) is 71.3 Å².